The molecule has 0 aliphatic heterocycles. The monoisotopic (exact) mass is 583 g/mol. The van der Waals surface area contributed by atoms with Crippen LogP contribution in [0.2, 0.25) is 0 Å². The fourth-order valence-corrected chi connectivity index (χ4v) is 4.72. The van der Waals surface area contributed by atoms with Crippen molar-refractivity contribution in [3.8, 4) is 11.4 Å². The summed E-state index contributed by atoms with van der Waals surface area (Å²) in [6.45, 7) is 5.23. The van der Waals surface area contributed by atoms with Gasteiger partial charge in [-0.15, -0.1) is 6.58 Å². The topological polar surface area (TPSA) is 159 Å². The summed E-state index contributed by atoms with van der Waals surface area (Å²) < 4.78 is 25.3. The van der Waals surface area contributed by atoms with Gasteiger partial charge in [0.2, 0.25) is 11.7 Å². The lowest BCUT2D eigenvalue weighted by Gasteiger charge is -2.34. The van der Waals surface area contributed by atoms with Crippen LogP contribution in [0.3, 0.4) is 0 Å². The normalized spacial score (nSPS) is 17.5. The second-order valence-corrected chi connectivity index (χ2v) is 9.61. The molecular weight excluding hydrogens is 557 g/mol. The quantitative estimate of drug-likeness (QED) is 0.170. The number of allylic oxidation sites excluding steroid dienone is 2. The van der Waals surface area contributed by atoms with Crippen molar-refractivity contribution in [1.82, 2.24) is 19.9 Å². The first-order valence-electron chi connectivity index (χ1n) is 13.2. The lowest BCUT2D eigenvalue weighted by Crippen LogP contribution is -2.51. The van der Waals surface area contributed by atoms with Gasteiger partial charge in [-0.3, -0.25) is 19.0 Å². The van der Waals surface area contributed by atoms with Gasteiger partial charge in [0.1, 0.15) is 29.4 Å². The van der Waals surface area contributed by atoms with E-state index in [1.165, 1.54) is 54.7 Å². The maximum atomic E-state index is 13.9. The van der Waals surface area contributed by atoms with Crippen molar-refractivity contribution in [2.45, 2.75) is 19.5 Å². The van der Waals surface area contributed by atoms with Gasteiger partial charge in [0, 0.05) is 5.56 Å². The molecule has 1 aliphatic rings. The molecule has 218 valence electrons. The highest BCUT2D eigenvalue weighted by atomic mass is 19.1. The van der Waals surface area contributed by atoms with Crippen molar-refractivity contribution < 1.29 is 27.9 Å². The summed E-state index contributed by atoms with van der Waals surface area (Å²) in [6, 6.07) is 8.78. The number of carbonyl (C=O) groups is 3. The standard InChI is InChI=1S/C31H26FN5O6/c1-3-31(26(39)28-35-22-15-19(30(41)42-4-2)10-13-23(22)43-28)14-6-5-7-24(31)36-25(38)17-37-27(34-16-21(33)29(37)40)18-8-11-20(32)12-9-18/h3,5-16,24H,1,4,17,33H2,2H3,(H,36,38). The molecule has 43 heavy (non-hydrogen) atoms. The lowest BCUT2D eigenvalue weighted by molar-refractivity contribution is -0.122. The first kappa shape index (κ1) is 28.9. The van der Waals surface area contributed by atoms with E-state index in [-0.39, 0.29) is 40.7 Å². The molecule has 0 fully saturated rings. The fourth-order valence-electron chi connectivity index (χ4n) is 4.72. The number of rotatable bonds is 9. The largest absolute Gasteiger partial charge is 0.462 e. The number of nitrogens with two attached hydrogens (primary N) is 1. The molecule has 2 atom stereocenters. The van der Waals surface area contributed by atoms with E-state index in [2.05, 4.69) is 21.9 Å². The summed E-state index contributed by atoms with van der Waals surface area (Å²) in [7, 11) is 0. The third-order valence-electron chi connectivity index (χ3n) is 6.92. The third kappa shape index (κ3) is 5.49. The number of aromatic nitrogens is 3. The van der Waals surface area contributed by atoms with Crippen LogP contribution < -0.4 is 16.6 Å². The molecule has 0 bridgehead atoms. The van der Waals surface area contributed by atoms with Gasteiger partial charge in [-0.05, 0) is 49.4 Å². The van der Waals surface area contributed by atoms with Crippen LogP contribution >= 0.6 is 0 Å². The zero-order chi connectivity index (χ0) is 30.7. The van der Waals surface area contributed by atoms with Crippen molar-refractivity contribution in [1.29, 1.82) is 0 Å². The average molecular weight is 584 g/mol. The van der Waals surface area contributed by atoms with Crippen LogP contribution in [0.25, 0.3) is 22.5 Å². The zero-order valence-electron chi connectivity index (χ0n) is 23.0. The summed E-state index contributed by atoms with van der Waals surface area (Å²) >= 11 is 0. The van der Waals surface area contributed by atoms with E-state index in [1.807, 2.05) is 0 Å². The molecule has 0 saturated heterocycles. The summed E-state index contributed by atoms with van der Waals surface area (Å²) in [5.41, 5.74) is 4.61. The number of nitrogens with one attached hydrogen (secondary N) is 1. The minimum Gasteiger partial charge on any atom is -0.462 e. The fraction of sp³-hybridized carbons (Fsp3) is 0.161. The Morgan fingerprint density at radius 2 is 1.98 bits per heavy atom. The molecule has 5 rings (SSSR count). The third-order valence-corrected chi connectivity index (χ3v) is 6.92. The van der Waals surface area contributed by atoms with E-state index in [0.29, 0.717) is 5.56 Å². The number of Topliss-reactive ketones (excluding diaryl/α,β-unsaturated/α-hetero) is 1. The van der Waals surface area contributed by atoms with Crippen LogP contribution in [0.5, 0.6) is 0 Å². The highest BCUT2D eigenvalue weighted by Gasteiger charge is 2.44. The number of fused-ring (bicyclic) bond motifs is 1. The number of nitrogens with zero attached hydrogens (tertiary/aromatic N) is 3. The highest BCUT2D eigenvalue weighted by molar-refractivity contribution is 6.03. The van der Waals surface area contributed by atoms with Gasteiger partial charge >= 0.3 is 5.97 Å². The summed E-state index contributed by atoms with van der Waals surface area (Å²) in [5, 5.41) is 2.78. The molecule has 3 N–H and O–H groups in total. The first-order valence-corrected chi connectivity index (χ1v) is 13.2. The minimum absolute atomic E-state index is 0.105. The Morgan fingerprint density at radius 3 is 2.70 bits per heavy atom. The van der Waals surface area contributed by atoms with Crippen molar-refractivity contribution in [3.63, 3.8) is 0 Å². The van der Waals surface area contributed by atoms with Gasteiger partial charge < -0.3 is 20.2 Å². The molecule has 2 aromatic carbocycles. The van der Waals surface area contributed by atoms with Crippen LogP contribution in [-0.4, -0.2) is 44.8 Å². The predicted molar refractivity (Wildman–Crippen MR) is 155 cm³/mol. The molecule has 11 nitrogen and oxygen atoms in total. The second-order valence-electron chi connectivity index (χ2n) is 9.61. The Labute approximate surface area is 244 Å². The Kier molecular flexibility index (Phi) is 7.84. The summed E-state index contributed by atoms with van der Waals surface area (Å²) in [4.78, 5) is 60.8. The number of halogens is 1. The Hall–Kier alpha value is -5.65. The van der Waals surface area contributed by atoms with Gasteiger partial charge in [-0.25, -0.2) is 19.2 Å². The van der Waals surface area contributed by atoms with Crippen LogP contribution in [0.4, 0.5) is 10.1 Å². The maximum absolute atomic E-state index is 13.9. The SMILES string of the molecule is C=CC1(C(=O)c2nc3cc(C(=O)OCC)ccc3o2)C=CC=CC1NC(=O)Cn1c(-c2ccc(F)cc2)ncc(N)c1=O. The molecule has 1 aliphatic carbocycles. The number of ketones is 1. The van der Waals surface area contributed by atoms with E-state index in [0.717, 1.165) is 4.57 Å². The number of ether oxygens (including phenoxy) is 1. The molecule has 0 radical (unpaired) electrons. The van der Waals surface area contributed by atoms with E-state index in [9.17, 15) is 23.6 Å². The number of hydrogen-bond acceptors (Lipinski definition) is 9. The van der Waals surface area contributed by atoms with Crippen LogP contribution in [0.15, 0.2) is 94.8 Å². The zero-order valence-corrected chi connectivity index (χ0v) is 23.0. The van der Waals surface area contributed by atoms with Crippen LogP contribution in [0.1, 0.15) is 28.0 Å². The number of carbonyl (C=O) groups excluding carboxylic acids is 3. The Balaban J connectivity index is 1.43. The lowest BCUT2D eigenvalue weighted by atomic mass is 9.73. The number of esters is 1. The number of oxazole rings is 1. The maximum Gasteiger partial charge on any atom is 0.338 e. The Morgan fingerprint density at radius 1 is 1.21 bits per heavy atom. The number of anilines is 1. The van der Waals surface area contributed by atoms with Crippen molar-refractivity contribution in [2.24, 2.45) is 5.41 Å². The van der Waals surface area contributed by atoms with Crippen molar-refractivity contribution >= 4 is 34.4 Å². The van der Waals surface area contributed by atoms with Crippen LogP contribution in [-0.2, 0) is 16.1 Å². The molecule has 0 saturated carbocycles. The number of amides is 1. The number of hydrogen-bond donors (Lipinski definition) is 2. The van der Waals surface area contributed by atoms with Gasteiger partial charge in [0.15, 0.2) is 5.58 Å². The van der Waals surface area contributed by atoms with Gasteiger partial charge in [0.05, 0.1) is 29.8 Å². The highest BCUT2D eigenvalue weighted by Crippen LogP contribution is 2.35. The van der Waals surface area contributed by atoms with Crippen molar-refractivity contribution in [3.05, 3.63) is 113 Å². The molecule has 2 heterocycles. The average Bonchev–Trinajstić information content (AvgIpc) is 3.44. The summed E-state index contributed by atoms with van der Waals surface area (Å²) in [6.07, 6.45) is 8.97. The van der Waals surface area contributed by atoms with E-state index in [1.54, 1.807) is 31.2 Å². The first-order chi connectivity index (χ1) is 20.7. The van der Waals surface area contributed by atoms with Gasteiger partial charge in [-0.1, -0.05) is 30.4 Å². The number of benzene rings is 2. The summed E-state index contributed by atoms with van der Waals surface area (Å²) in [5.74, 6) is -2.41. The van der Waals surface area contributed by atoms with E-state index in [4.69, 9.17) is 14.9 Å². The second kappa shape index (κ2) is 11.7. The van der Waals surface area contributed by atoms with Crippen LogP contribution in [0, 0.1) is 11.2 Å². The smallest absolute Gasteiger partial charge is 0.338 e. The molecule has 1 amide bonds. The molecule has 4 aromatic rings. The number of nitrogen functional groups attached to an aromatic ring is 1. The molecular formula is C31H26FN5O6. The minimum atomic E-state index is -1.51. The Bertz CT molecular complexity index is 1870. The molecule has 0 spiro atoms. The van der Waals surface area contributed by atoms with Gasteiger partial charge in [0.25, 0.3) is 11.4 Å². The van der Waals surface area contributed by atoms with Crippen molar-refractivity contribution in [2.75, 3.05) is 12.3 Å². The molecule has 12 heteroatoms. The predicted octanol–water partition coefficient (Wildman–Crippen LogP) is 3.62. The van der Waals surface area contributed by atoms with E-state index >= 15 is 0 Å². The molecule has 2 unspecified atom stereocenters. The molecule has 2 aromatic heterocycles. The van der Waals surface area contributed by atoms with E-state index < -0.39 is 47.0 Å². The van der Waals surface area contributed by atoms with Gasteiger partial charge in [-0.2, -0.15) is 0 Å².